The smallest absolute Gasteiger partial charge is 0.0862 e. The first kappa shape index (κ1) is 18.9. The van der Waals surface area contributed by atoms with E-state index in [1.54, 1.807) is 0 Å². The van der Waals surface area contributed by atoms with Crippen LogP contribution in [0.1, 0.15) is 36.6 Å². The van der Waals surface area contributed by atoms with E-state index >= 15 is 0 Å². The van der Waals surface area contributed by atoms with Crippen molar-refractivity contribution < 1.29 is 0 Å². The van der Waals surface area contributed by atoms with Gasteiger partial charge in [-0.1, -0.05) is 92.2 Å². The lowest BCUT2D eigenvalue weighted by Crippen LogP contribution is -1.99. The van der Waals surface area contributed by atoms with Crippen LogP contribution in [0.5, 0.6) is 0 Å². The second-order valence-corrected chi connectivity index (χ2v) is 7.25. The number of nitrogens with zero attached hydrogens (tertiary/aromatic N) is 2. The molecular weight excluding hydrogens is 352 g/mol. The van der Waals surface area contributed by atoms with Crippen LogP contribution in [0.2, 0.25) is 0 Å². The summed E-state index contributed by atoms with van der Waals surface area (Å²) < 4.78 is 2.05. The second kappa shape index (κ2) is 9.20. The van der Waals surface area contributed by atoms with Gasteiger partial charge in [0.05, 0.1) is 17.1 Å². The van der Waals surface area contributed by atoms with Crippen molar-refractivity contribution in [1.82, 2.24) is 9.78 Å². The van der Waals surface area contributed by atoms with Crippen LogP contribution in [0.25, 0.3) is 29.1 Å². The second-order valence-electron chi connectivity index (χ2n) is 7.25. The highest BCUT2D eigenvalue weighted by molar-refractivity contribution is 5.72. The zero-order valence-corrected chi connectivity index (χ0v) is 16.8. The highest BCUT2D eigenvalue weighted by Crippen LogP contribution is 2.25. The van der Waals surface area contributed by atoms with Crippen LogP contribution in [-0.4, -0.2) is 9.78 Å². The number of hydrogen-bond acceptors (Lipinski definition) is 1. The summed E-state index contributed by atoms with van der Waals surface area (Å²) in [5.41, 5.74) is 6.84. The third-order valence-electron chi connectivity index (χ3n) is 5.04. The van der Waals surface area contributed by atoms with Crippen molar-refractivity contribution in [3.05, 3.63) is 108 Å². The first-order chi connectivity index (χ1) is 14.3. The van der Waals surface area contributed by atoms with E-state index in [-0.39, 0.29) is 0 Å². The number of benzene rings is 3. The van der Waals surface area contributed by atoms with Crippen LogP contribution in [-0.2, 0) is 6.42 Å². The molecule has 4 rings (SSSR count). The molecule has 0 aliphatic heterocycles. The lowest BCUT2D eigenvalue weighted by Gasteiger charge is -2.08. The molecule has 3 aromatic carbocycles. The van der Waals surface area contributed by atoms with Crippen molar-refractivity contribution in [2.75, 3.05) is 0 Å². The average molecular weight is 379 g/mol. The summed E-state index contributed by atoms with van der Waals surface area (Å²) >= 11 is 0. The van der Waals surface area contributed by atoms with E-state index in [1.165, 1.54) is 24.0 Å². The molecule has 0 aliphatic rings. The Morgan fingerprint density at radius 1 is 0.793 bits per heavy atom. The van der Waals surface area contributed by atoms with Crippen molar-refractivity contribution in [3.63, 3.8) is 0 Å². The maximum Gasteiger partial charge on any atom is 0.0862 e. The summed E-state index contributed by atoms with van der Waals surface area (Å²) in [7, 11) is 0. The van der Waals surface area contributed by atoms with Gasteiger partial charge in [0.25, 0.3) is 0 Å². The van der Waals surface area contributed by atoms with Gasteiger partial charge in [-0.15, -0.1) is 0 Å². The quantitative estimate of drug-likeness (QED) is 0.337. The maximum atomic E-state index is 4.89. The molecule has 2 heteroatoms. The van der Waals surface area contributed by atoms with E-state index in [4.69, 9.17) is 5.10 Å². The van der Waals surface area contributed by atoms with Gasteiger partial charge >= 0.3 is 0 Å². The van der Waals surface area contributed by atoms with Crippen LogP contribution in [0.3, 0.4) is 0 Å². The van der Waals surface area contributed by atoms with Gasteiger partial charge in [-0.25, -0.2) is 4.68 Å². The molecule has 2 nitrogen and oxygen atoms in total. The molecule has 0 bridgehead atoms. The molecule has 144 valence electrons. The molecule has 1 heterocycles. The van der Waals surface area contributed by atoms with Gasteiger partial charge in [0.1, 0.15) is 0 Å². The monoisotopic (exact) mass is 378 g/mol. The molecular formula is C27H26N2. The third-order valence-corrected chi connectivity index (χ3v) is 5.04. The summed E-state index contributed by atoms with van der Waals surface area (Å²) in [4.78, 5) is 0. The van der Waals surface area contributed by atoms with E-state index in [1.807, 2.05) is 28.9 Å². The molecule has 0 spiro atoms. The Balaban J connectivity index is 1.69. The zero-order chi connectivity index (χ0) is 19.9. The largest absolute Gasteiger partial charge is 0.233 e. The minimum atomic E-state index is 0.947. The fourth-order valence-corrected chi connectivity index (χ4v) is 3.42. The van der Waals surface area contributed by atoms with Gasteiger partial charge in [-0.2, -0.15) is 5.10 Å². The Bertz CT molecular complexity index is 1060. The topological polar surface area (TPSA) is 17.8 Å². The van der Waals surface area contributed by atoms with Crippen molar-refractivity contribution in [2.45, 2.75) is 26.2 Å². The summed E-state index contributed by atoms with van der Waals surface area (Å²) in [5.74, 6) is 0. The van der Waals surface area contributed by atoms with Crippen LogP contribution in [0.15, 0.2) is 91.0 Å². The lowest BCUT2D eigenvalue weighted by atomic mass is 10.1. The highest BCUT2D eigenvalue weighted by atomic mass is 15.3. The Kier molecular flexibility index (Phi) is 6.01. The molecule has 29 heavy (non-hydrogen) atoms. The number of unbranched alkanes of at least 4 members (excludes halogenated alkanes) is 1. The molecule has 0 aliphatic carbocycles. The van der Waals surface area contributed by atoms with Crippen molar-refractivity contribution in [3.8, 4) is 16.9 Å². The Morgan fingerprint density at radius 2 is 1.48 bits per heavy atom. The van der Waals surface area contributed by atoms with Gasteiger partial charge in [-0.3, -0.25) is 0 Å². The number of hydrogen-bond donors (Lipinski definition) is 0. The highest BCUT2D eigenvalue weighted by Gasteiger charge is 2.10. The minimum absolute atomic E-state index is 0.947. The lowest BCUT2D eigenvalue weighted by molar-refractivity contribution is 0.794. The Labute approximate surface area is 173 Å². The van der Waals surface area contributed by atoms with E-state index in [2.05, 4.69) is 85.8 Å². The molecule has 0 saturated carbocycles. The molecule has 0 atom stereocenters. The van der Waals surface area contributed by atoms with Crippen LogP contribution >= 0.6 is 0 Å². The Morgan fingerprint density at radius 3 is 2.17 bits per heavy atom. The summed E-state index contributed by atoms with van der Waals surface area (Å²) in [6, 6.07) is 31.7. The van der Waals surface area contributed by atoms with Crippen LogP contribution < -0.4 is 0 Å². The molecule has 4 aromatic rings. The predicted molar refractivity (Wildman–Crippen MR) is 123 cm³/mol. The van der Waals surface area contributed by atoms with Crippen molar-refractivity contribution >= 4 is 12.2 Å². The van der Waals surface area contributed by atoms with E-state index in [0.29, 0.717) is 0 Å². The summed E-state index contributed by atoms with van der Waals surface area (Å²) in [6.45, 7) is 2.23. The first-order valence-corrected chi connectivity index (χ1v) is 10.3. The van der Waals surface area contributed by atoms with E-state index < -0.39 is 0 Å². The van der Waals surface area contributed by atoms with E-state index in [9.17, 15) is 0 Å². The molecule has 0 amide bonds. The number of aryl methyl sites for hydroxylation is 1. The first-order valence-electron chi connectivity index (χ1n) is 10.3. The minimum Gasteiger partial charge on any atom is -0.233 e. The van der Waals surface area contributed by atoms with Crippen molar-refractivity contribution in [2.24, 2.45) is 0 Å². The SMILES string of the molecule is CCCCc1ccc(-n2nc(C=Cc3ccccc3)cc2-c2ccccc2)cc1. The summed E-state index contributed by atoms with van der Waals surface area (Å²) in [5, 5.41) is 4.89. The fraction of sp³-hybridized carbons (Fsp3) is 0.148. The van der Waals surface area contributed by atoms with Gasteiger partial charge in [0, 0.05) is 5.56 Å². The van der Waals surface area contributed by atoms with Gasteiger partial charge < -0.3 is 0 Å². The van der Waals surface area contributed by atoms with Crippen LogP contribution in [0.4, 0.5) is 0 Å². The fourth-order valence-electron chi connectivity index (χ4n) is 3.42. The number of aromatic nitrogens is 2. The standard InChI is InChI=1S/C27H26N2/c1-2-3-10-23-16-19-26(20-17-23)29-27(24-13-8-5-9-14-24)21-25(28-29)18-15-22-11-6-4-7-12-22/h4-9,11-21H,2-3,10H2,1H3. The molecule has 0 radical (unpaired) electrons. The normalized spacial score (nSPS) is 11.2. The van der Waals surface area contributed by atoms with Crippen LogP contribution in [0, 0.1) is 0 Å². The third kappa shape index (κ3) is 4.72. The molecule has 0 fully saturated rings. The average Bonchev–Trinajstić information content (AvgIpc) is 3.22. The number of rotatable bonds is 7. The Hall–Kier alpha value is -3.39. The van der Waals surface area contributed by atoms with Crippen molar-refractivity contribution in [1.29, 1.82) is 0 Å². The molecule has 0 saturated heterocycles. The van der Waals surface area contributed by atoms with Gasteiger partial charge in [0.15, 0.2) is 0 Å². The van der Waals surface area contributed by atoms with E-state index in [0.717, 1.165) is 29.1 Å². The zero-order valence-electron chi connectivity index (χ0n) is 16.8. The molecule has 1 aromatic heterocycles. The van der Waals surface area contributed by atoms with Gasteiger partial charge in [0.2, 0.25) is 0 Å². The summed E-state index contributed by atoms with van der Waals surface area (Å²) in [6.07, 6.45) is 7.76. The van der Waals surface area contributed by atoms with Gasteiger partial charge in [-0.05, 0) is 48.2 Å². The molecule has 0 N–H and O–H groups in total. The maximum absolute atomic E-state index is 4.89. The predicted octanol–water partition coefficient (Wildman–Crippen LogP) is 7.05. The molecule has 0 unspecified atom stereocenters.